The molecule has 1 heterocycles. The van der Waals surface area contributed by atoms with Gasteiger partial charge in [-0.2, -0.15) is 0 Å². The fraction of sp³-hybridized carbons (Fsp3) is 0.158. The first-order valence-corrected chi connectivity index (χ1v) is 9.14. The predicted octanol–water partition coefficient (Wildman–Crippen LogP) is 5.62. The molecular weight excluding hydrogens is 352 g/mol. The molecule has 25 heavy (non-hydrogen) atoms. The number of nitrogens with zero attached hydrogens (tertiary/aromatic N) is 2. The lowest BCUT2D eigenvalue weighted by molar-refractivity contribution is 0.868. The Labute approximate surface area is 157 Å². The van der Waals surface area contributed by atoms with Gasteiger partial charge in [0.2, 0.25) is 5.95 Å². The van der Waals surface area contributed by atoms with Crippen LogP contribution >= 0.6 is 23.5 Å². The van der Waals surface area contributed by atoms with Gasteiger partial charge in [0, 0.05) is 22.2 Å². The topological polar surface area (TPSA) is 63.8 Å². The van der Waals surface area contributed by atoms with E-state index in [1.807, 2.05) is 36.4 Å². The fourth-order valence-corrected chi connectivity index (χ4v) is 3.34. The van der Waals surface area contributed by atoms with Crippen LogP contribution in [0.1, 0.15) is 25.3 Å². The molecule has 3 rings (SSSR count). The van der Waals surface area contributed by atoms with E-state index >= 15 is 0 Å². The molecule has 0 aliphatic carbocycles. The zero-order valence-electron chi connectivity index (χ0n) is 14.0. The minimum atomic E-state index is 0.392. The molecule has 0 saturated heterocycles. The van der Waals surface area contributed by atoms with E-state index in [4.69, 9.17) is 17.3 Å². The molecule has 3 N–H and O–H groups in total. The molecule has 0 amide bonds. The number of nitrogens with two attached hydrogens (primary N) is 1. The summed E-state index contributed by atoms with van der Waals surface area (Å²) in [5, 5.41) is 0.402. The number of hydrogen-bond acceptors (Lipinski definition) is 5. The average molecular weight is 371 g/mol. The average Bonchev–Trinajstić information content (AvgIpc) is 2.59. The van der Waals surface area contributed by atoms with E-state index in [2.05, 4.69) is 40.7 Å². The molecule has 0 radical (unpaired) electrons. The summed E-state index contributed by atoms with van der Waals surface area (Å²) in [5.74, 6) is 0.858. The number of hydrogen-bond donors (Lipinski definition) is 2. The lowest BCUT2D eigenvalue weighted by Crippen LogP contribution is -1.99. The van der Waals surface area contributed by atoms with Crippen LogP contribution in [0.2, 0.25) is 5.15 Å². The number of anilines is 2. The monoisotopic (exact) mass is 370 g/mol. The van der Waals surface area contributed by atoms with Gasteiger partial charge in [0.25, 0.3) is 0 Å². The molecule has 1 aromatic heterocycles. The summed E-state index contributed by atoms with van der Waals surface area (Å²) in [5.41, 5.74) is 9.62. The molecule has 6 heteroatoms. The summed E-state index contributed by atoms with van der Waals surface area (Å²) in [4.78, 5) is 9.87. The Morgan fingerprint density at radius 3 is 2.60 bits per heavy atom. The van der Waals surface area contributed by atoms with Gasteiger partial charge in [-0.1, -0.05) is 55.8 Å². The van der Waals surface area contributed by atoms with E-state index < -0.39 is 0 Å². The fourth-order valence-electron chi connectivity index (χ4n) is 2.52. The highest BCUT2D eigenvalue weighted by molar-refractivity contribution is 8.00. The van der Waals surface area contributed by atoms with Crippen LogP contribution in [0.3, 0.4) is 0 Å². The Morgan fingerprint density at radius 1 is 1.04 bits per heavy atom. The molecule has 3 aromatic rings. The first-order chi connectivity index (χ1) is 12.0. The van der Waals surface area contributed by atoms with Gasteiger partial charge < -0.3 is 5.73 Å². The standard InChI is InChI=1S/C19H19ClN4S/c1-12(2)15-8-3-4-9-16(15)17-11-18(20)23-19(22-17)24-25-14-7-5-6-13(21)10-14/h3-12H,21H2,1-2H3,(H,22,23,24). The Bertz CT molecular complexity index is 883. The highest BCUT2D eigenvalue weighted by atomic mass is 35.5. The highest BCUT2D eigenvalue weighted by Crippen LogP contribution is 2.30. The maximum Gasteiger partial charge on any atom is 0.235 e. The lowest BCUT2D eigenvalue weighted by atomic mass is 9.95. The van der Waals surface area contributed by atoms with Crippen molar-refractivity contribution >= 4 is 35.2 Å². The summed E-state index contributed by atoms with van der Waals surface area (Å²) in [6.45, 7) is 4.33. The molecule has 0 saturated carbocycles. The molecule has 0 aliphatic rings. The van der Waals surface area contributed by atoms with Crippen molar-refractivity contribution in [3.05, 3.63) is 65.3 Å². The van der Waals surface area contributed by atoms with Crippen molar-refractivity contribution < 1.29 is 0 Å². The summed E-state index contributed by atoms with van der Waals surface area (Å²) >= 11 is 7.62. The summed E-state index contributed by atoms with van der Waals surface area (Å²) in [6, 6.07) is 17.6. The Balaban J connectivity index is 1.89. The quantitative estimate of drug-likeness (QED) is 0.346. The Hall–Kier alpha value is -2.24. The molecule has 0 fully saturated rings. The lowest BCUT2D eigenvalue weighted by Gasteiger charge is -2.13. The van der Waals surface area contributed by atoms with Crippen LogP contribution < -0.4 is 10.5 Å². The number of halogens is 1. The first kappa shape index (κ1) is 17.6. The van der Waals surface area contributed by atoms with E-state index in [9.17, 15) is 0 Å². The van der Waals surface area contributed by atoms with Crippen LogP contribution in [0.4, 0.5) is 11.6 Å². The first-order valence-electron chi connectivity index (χ1n) is 7.95. The molecule has 0 atom stereocenters. The summed E-state index contributed by atoms with van der Waals surface area (Å²) < 4.78 is 3.14. The SMILES string of the molecule is CC(C)c1ccccc1-c1cc(Cl)nc(NSc2cccc(N)c2)n1. The van der Waals surface area contributed by atoms with Crippen LogP contribution in [0.15, 0.2) is 59.5 Å². The molecule has 0 bridgehead atoms. The smallest absolute Gasteiger partial charge is 0.235 e. The molecule has 0 aliphatic heterocycles. The molecule has 4 nitrogen and oxygen atoms in total. The second kappa shape index (κ2) is 7.76. The van der Waals surface area contributed by atoms with Crippen molar-refractivity contribution in [2.75, 3.05) is 10.5 Å². The minimum absolute atomic E-state index is 0.392. The van der Waals surface area contributed by atoms with E-state index in [-0.39, 0.29) is 0 Å². The predicted molar refractivity (Wildman–Crippen MR) is 107 cm³/mol. The van der Waals surface area contributed by atoms with E-state index in [0.717, 1.165) is 16.2 Å². The minimum Gasteiger partial charge on any atom is -0.399 e. The van der Waals surface area contributed by atoms with Gasteiger partial charge in [0.05, 0.1) is 5.69 Å². The van der Waals surface area contributed by atoms with E-state index in [0.29, 0.717) is 22.7 Å². The number of nitrogens with one attached hydrogen (secondary N) is 1. The van der Waals surface area contributed by atoms with Gasteiger partial charge in [0.15, 0.2) is 0 Å². The highest BCUT2D eigenvalue weighted by Gasteiger charge is 2.12. The third-order valence-corrected chi connectivity index (χ3v) is 4.64. The third-order valence-electron chi connectivity index (χ3n) is 3.67. The van der Waals surface area contributed by atoms with Gasteiger partial charge in [-0.05, 0) is 41.6 Å². The molecular formula is C19H19ClN4S. The third kappa shape index (κ3) is 4.44. The normalized spacial score (nSPS) is 10.9. The van der Waals surface area contributed by atoms with Crippen LogP contribution in [0, 0.1) is 0 Å². The number of aromatic nitrogens is 2. The van der Waals surface area contributed by atoms with Gasteiger partial charge in [-0.15, -0.1) is 0 Å². The van der Waals surface area contributed by atoms with Crippen LogP contribution in [-0.4, -0.2) is 9.97 Å². The van der Waals surface area contributed by atoms with Crippen molar-refractivity contribution in [3.8, 4) is 11.3 Å². The van der Waals surface area contributed by atoms with Crippen molar-refractivity contribution in [2.45, 2.75) is 24.7 Å². The maximum absolute atomic E-state index is 6.22. The van der Waals surface area contributed by atoms with Crippen LogP contribution in [0.25, 0.3) is 11.3 Å². The Morgan fingerprint density at radius 2 is 1.84 bits per heavy atom. The van der Waals surface area contributed by atoms with Crippen molar-refractivity contribution in [2.24, 2.45) is 0 Å². The number of nitrogen functional groups attached to an aromatic ring is 1. The summed E-state index contributed by atoms with van der Waals surface area (Å²) in [7, 11) is 0. The molecule has 2 aromatic carbocycles. The molecule has 0 spiro atoms. The molecule has 0 unspecified atom stereocenters. The maximum atomic E-state index is 6.22. The van der Waals surface area contributed by atoms with Gasteiger partial charge in [-0.25, -0.2) is 9.97 Å². The number of rotatable bonds is 5. The van der Waals surface area contributed by atoms with E-state index in [1.165, 1.54) is 17.5 Å². The van der Waals surface area contributed by atoms with Crippen molar-refractivity contribution in [3.63, 3.8) is 0 Å². The van der Waals surface area contributed by atoms with E-state index in [1.54, 1.807) is 6.07 Å². The second-order valence-electron chi connectivity index (χ2n) is 5.92. The van der Waals surface area contributed by atoms with Crippen LogP contribution in [0.5, 0.6) is 0 Å². The zero-order valence-corrected chi connectivity index (χ0v) is 15.6. The Kier molecular flexibility index (Phi) is 5.46. The largest absolute Gasteiger partial charge is 0.399 e. The van der Waals surface area contributed by atoms with Crippen molar-refractivity contribution in [1.29, 1.82) is 0 Å². The summed E-state index contributed by atoms with van der Waals surface area (Å²) in [6.07, 6.45) is 0. The van der Waals surface area contributed by atoms with Crippen LogP contribution in [-0.2, 0) is 0 Å². The van der Waals surface area contributed by atoms with Gasteiger partial charge in [-0.3, -0.25) is 4.72 Å². The zero-order chi connectivity index (χ0) is 17.8. The van der Waals surface area contributed by atoms with Gasteiger partial charge in [0.1, 0.15) is 5.15 Å². The number of benzene rings is 2. The van der Waals surface area contributed by atoms with Gasteiger partial charge >= 0.3 is 0 Å². The molecule has 128 valence electrons. The second-order valence-corrected chi connectivity index (χ2v) is 7.18. The van der Waals surface area contributed by atoms with Crippen molar-refractivity contribution in [1.82, 2.24) is 9.97 Å².